The van der Waals surface area contributed by atoms with Gasteiger partial charge in [-0.05, 0) is 72.1 Å². The maximum atomic E-state index is 13.4. The summed E-state index contributed by atoms with van der Waals surface area (Å²) in [4.78, 5) is 15.9. The third-order valence-corrected chi connectivity index (χ3v) is 5.94. The van der Waals surface area contributed by atoms with Crippen LogP contribution in [0.1, 0.15) is 12.0 Å². The van der Waals surface area contributed by atoms with E-state index in [1.54, 1.807) is 12.1 Å². The van der Waals surface area contributed by atoms with Crippen LogP contribution in [0, 0.1) is 5.82 Å². The molecule has 0 aliphatic rings. The number of hydrogen-bond donors (Lipinski definition) is 3. The van der Waals surface area contributed by atoms with Crippen LogP contribution >= 0.6 is 0 Å². The van der Waals surface area contributed by atoms with E-state index in [4.69, 9.17) is 5.14 Å². The maximum Gasteiger partial charge on any atom is 0.238 e. The quantitative estimate of drug-likeness (QED) is 0.421. The number of carbonyl (C=O) groups excluding carboxylic acids is 1. The van der Waals surface area contributed by atoms with Crippen LogP contribution in [0.2, 0.25) is 0 Å². The smallest absolute Gasteiger partial charge is 0.238 e. The average molecular weight is 437 g/mol. The van der Waals surface area contributed by atoms with Crippen LogP contribution in [0.4, 0.5) is 10.1 Å². The Bertz CT molecular complexity index is 1350. The largest absolute Gasteiger partial charge is 0.354 e. The van der Waals surface area contributed by atoms with E-state index in [0.717, 1.165) is 27.7 Å². The van der Waals surface area contributed by atoms with Crippen LogP contribution in [0.15, 0.2) is 77.7 Å². The number of fused-ring (bicyclic) bond motifs is 1. The Kier molecular flexibility index (Phi) is 5.58. The number of amides is 1. The van der Waals surface area contributed by atoms with Gasteiger partial charge in [0.2, 0.25) is 15.9 Å². The molecule has 6 nitrogen and oxygen atoms in total. The zero-order chi connectivity index (χ0) is 22.0. The highest BCUT2D eigenvalue weighted by molar-refractivity contribution is 7.89. The summed E-state index contributed by atoms with van der Waals surface area (Å²) in [5.74, 6) is -0.520. The second kappa shape index (κ2) is 8.33. The number of carbonyl (C=O) groups is 1. The lowest BCUT2D eigenvalue weighted by Crippen LogP contribution is -2.14. The molecule has 4 rings (SSSR count). The van der Waals surface area contributed by atoms with Gasteiger partial charge in [-0.3, -0.25) is 4.79 Å². The molecule has 0 saturated heterocycles. The molecule has 0 saturated carbocycles. The van der Waals surface area contributed by atoms with E-state index in [1.165, 1.54) is 36.4 Å². The van der Waals surface area contributed by atoms with Crippen molar-refractivity contribution in [2.75, 3.05) is 5.32 Å². The molecule has 0 aliphatic carbocycles. The van der Waals surface area contributed by atoms with Crippen molar-refractivity contribution in [3.63, 3.8) is 0 Å². The third-order valence-electron chi connectivity index (χ3n) is 5.02. The number of aryl methyl sites for hydroxylation is 1. The summed E-state index contributed by atoms with van der Waals surface area (Å²) in [6.07, 6.45) is 0.685. The zero-order valence-electron chi connectivity index (χ0n) is 16.4. The molecular formula is C23H20FN3O3S. The van der Waals surface area contributed by atoms with Crippen LogP contribution in [-0.4, -0.2) is 19.3 Å². The molecule has 1 aromatic heterocycles. The fraction of sp³-hybridized carbons (Fsp3) is 0.0870. The molecule has 0 bridgehead atoms. The van der Waals surface area contributed by atoms with Crippen molar-refractivity contribution < 1.29 is 17.6 Å². The lowest BCUT2D eigenvalue weighted by Gasteiger charge is -2.08. The van der Waals surface area contributed by atoms with Gasteiger partial charge in [-0.25, -0.2) is 17.9 Å². The van der Waals surface area contributed by atoms with Crippen molar-refractivity contribution in [3.8, 4) is 11.3 Å². The monoisotopic (exact) mass is 437 g/mol. The molecule has 0 spiro atoms. The van der Waals surface area contributed by atoms with Crippen LogP contribution < -0.4 is 10.5 Å². The summed E-state index contributed by atoms with van der Waals surface area (Å²) in [5.41, 5.74) is 4.09. The number of sulfonamides is 1. The fourth-order valence-corrected chi connectivity index (χ4v) is 4.03. The topological polar surface area (TPSA) is 105 Å². The van der Waals surface area contributed by atoms with Crippen molar-refractivity contribution in [1.82, 2.24) is 4.98 Å². The summed E-state index contributed by atoms with van der Waals surface area (Å²) in [5, 5.41) is 8.86. The molecule has 158 valence electrons. The van der Waals surface area contributed by atoms with Gasteiger partial charge in [-0.2, -0.15) is 0 Å². The van der Waals surface area contributed by atoms with E-state index < -0.39 is 10.0 Å². The minimum Gasteiger partial charge on any atom is -0.354 e. The molecule has 8 heteroatoms. The summed E-state index contributed by atoms with van der Waals surface area (Å²) < 4.78 is 36.0. The number of aromatic nitrogens is 1. The number of anilines is 1. The van der Waals surface area contributed by atoms with Gasteiger partial charge in [-0.15, -0.1) is 0 Å². The SMILES string of the molecule is NS(=O)(=O)c1ccc(NC(=O)CCc2c(-c3ccc(F)cc3)[nH]c3ccccc23)cc1. The third kappa shape index (κ3) is 4.65. The highest BCUT2D eigenvalue weighted by Crippen LogP contribution is 2.31. The molecule has 4 aromatic rings. The summed E-state index contributed by atoms with van der Waals surface area (Å²) in [6.45, 7) is 0. The Morgan fingerprint density at radius 1 is 0.968 bits per heavy atom. The van der Waals surface area contributed by atoms with E-state index >= 15 is 0 Å². The Labute approximate surface area is 179 Å². The van der Waals surface area contributed by atoms with E-state index in [-0.39, 0.29) is 23.0 Å². The van der Waals surface area contributed by atoms with Gasteiger partial charge in [0.15, 0.2) is 0 Å². The number of benzene rings is 3. The number of primary sulfonamides is 1. The van der Waals surface area contributed by atoms with Crippen LogP contribution in [0.5, 0.6) is 0 Å². The molecule has 0 atom stereocenters. The standard InChI is InChI=1S/C23H20FN3O3S/c24-16-7-5-15(6-8-16)23-20(19-3-1-2-4-21(19)27-23)13-14-22(28)26-17-9-11-18(12-10-17)31(25,29)30/h1-12,27H,13-14H2,(H,26,28)(H2,25,29,30). The molecule has 0 radical (unpaired) electrons. The number of rotatable bonds is 6. The van der Waals surface area contributed by atoms with Gasteiger partial charge in [-0.1, -0.05) is 18.2 Å². The first kappa shape index (κ1) is 20.8. The highest BCUT2D eigenvalue weighted by atomic mass is 32.2. The molecule has 4 N–H and O–H groups in total. The summed E-state index contributed by atoms with van der Waals surface area (Å²) in [6, 6.07) is 19.7. The van der Waals surface area contributed by atoms with Gasteiger partial charge in [0, 0.05) is 28.7 Å². The van der Waals surface area contributed by atoms with Crippen molar-refractivity contribution in [3.05, 3.63) is 84.2 Å². The zero-order valence-corrected chi connectivity index (χ0v) is 17.2. The van der Waals surface area contributed by atoms with Gasteiger partial charge in [0.1, 0.15) is 5.82 Å². The lowest BCUT2D eigenvalue weighted by molar-refractivity contribution is -0.116. The van der Waals surface area contributed by atoms with E-state index in [2.05, 4.69) is 10.3 Å². The summed E-state index contributed by atoms with van der Waals surface area (Å²) >= 11 is 0. The van der Waals surface area contributed by atoms with E-state index in [1.807, 2.05) is 24.3 Å². The number of para-hydroxylation sites is 1. The van der Waals surface area contributed by atoms with Crippen LogP contribution in [-0.2, 0) is 21.2 Å². The number of aromatic amines is 1. The minimum atomic E-state index is -3.78. The number of nitrogens with two attached hydrogens (primary N) is 1. The Hall–Kier alpha value is -3.49. The second-order valence-electron chi connectivity index (χ2n) is 7.15. The minimum absolute atomic E-state index is 0.0202. The molecule has 0 aliphatic heterocycles. The number of H-pyrrole nitrogens is 1. The highest BCUT2D eigenvalue weighted by Gasteiger charge is 2.15. The predicted octanol–water partition coefficient (Wildman–Crippen LogP) is 4.19. The van der Waals surface area contributed by atoms with Crippen molar-refractivity contribution in [2.45, 2.75) is 17.7 Å². The first-order valence-corrected chi connectivity index (χ1v) is 11.1. The summed E-state index contributed by atoms with van der Waals surface area (Å²) in [7, 11) is -3.78. The molecule has 3 aromatic carbocycles. The Morgan fingerprint density at radius 3 is 2.32 bits per heavy atom. The first-order valence-electron chi connectivity index (χ1n) is 9.59. The van der Waals surface area contributed by atoms with E-state index in [0.29, 0.717) is 12.1 Å². The Balaban J connectivity index is 1.54. The fourth-order valence-electron chi connectivity index (χ4n) is 3.51. The molecule has 0 fully saturated rings. The molecule has 31 heavy (non-hydrogen) atoms. The molecule has 0 unspecified atom stereocenters. The van der Waals surface area contributed by atoms with Gasteiger partial charge in [0.05, 0.1) is 4.90 Å². The molecule has 1 heterocycles. The molecular weight excluding hydrogens is 417 g/mol. The van der Waals surface area contributed by atoms with E-state index in [9.17, 15) is 17.6 Å². The van der Waals surface area contributed by atoms with Gasteiger partial charge in [0.25, 0.3) is 0 Å². The number of nitrogens with one attached hydrogen (secondary N) is 2. The predicted molar refractivity (Wildman–Crippen MR) is 118 cm³/mol. The molecule has 1 amide bonds. The second-order valence-corrected chi connectivity index (χ2v) is 8.71. The maximum absolute atomic E-state index is 13.4. The van der Waals surface area contributed by atoms with Crippen LogP contribution in [0.3, 0.4) is 0 Å². The van der Waals surface area contributed by atoms with Crippen molar-refractivity contribution in [1.29, 1.82) is 0 Å². The first-order chi connectivity index (χ1) is 14.8. The normalized spacial score (nSPS) is 11.5. The van der Waals surface area contributed by atoms with Crippen molar-refractivity contribution >= 4 is 32.5 Å². The van der Waals surface area contributed by atoms with Gasteiger partial charge >= 0.3 is 0 Å². The lowest BCUT2D eigenvalue weighted by atomic mass is 10.0. The van der Waals surface area contributed by atoms with Gasteiger partial charge < -0.3 is 10.3 Å². The number of halogens is 1. The van der Waals surface area contributed by atoms with Crippen molar-refractivity contribution in [2.24, 2.45) is 5.14 Å². The Morgan fingerprint density at radius 2 is 1.65 bits per heavy atom. The average Bonchev–Trinajstić information content (AvgIpc) is 3.11. The number of hydrogen-bond acceptors (Lipinski definition) is 3. The van der Waals surface area contributed by atoms with Crippen LogP contribution in [0.25, 0.3) is 22.2 Å².